The molecule has 1 fully saturated rings. The van der Waals surface area contributed by atoms with Crippen LogP contribution in [0.25, 0.3) is 0 Å². The SMILES string of the molecule is COc1cc2c(cc1OCc1ccccc1)NC[C@@H]1CC3C=CC=CC3N1C2=O. The van der Waals surface area contributed by atoms with Crippen molar-refractivity contribution in [2.75, 3.05) is 19.0 Å². The molecule has 29 heavy (non-hydrogen) atoms. The first kappa shape index (κ1) is 17.9. The molecule has 2 aromatic carbocycles. The maximum atomic E-state index is 13.5. The number of nitrogens with zero attached hydrogens (tertiary/aromatic N) is 1. The Balaban J connectivity index is 1.45. The molecular formula is C24H24N2O3. The van der Waals surface area contributed by atoms with E-state index >= 15 is 0 Å². The number of allylic oxidation sites excluding steroid dienone is 2. The number of amides is 1. The molecule has 0 bridgehead atoms. The molecule has 2 heterocycles. The molecule has 0 aromatic heterocycles. The van der Waals surface area contributed by atoms with E-state index in [9.17, 15) is 4.79 Å². The Morgan fingerprint density at radius 2 is 1.93 bits per heavy atom. The highest BCUT2D eigenvalue weighted by molar-refractivity contribution is 6.02. The molecule has 1 saturated heterocycles. The van der Waals surface area contributed by atoms with E-state index in [1.54, 1.807) is 7.11 Å². The number of nitrogens with one attached hydrogen (secondary N) is 1. The van der Waals surface area contributed by atoms with Gasteiger partial charge in [-0.2, -0.15) is 0 Å². The number of hydrogen-bond donors (Lipinski definition) is 1. The van der Waals surface area contributed by atoms with E-state index in [0.29, 0.717) is 29.6 Å². The van der Waals surface area contributed by atoms with E-state index in [2.05, 4.69) is 23.5 Å². The number of methoxy groups -OCH3 is 1. The number of anilines is 1. The Hall–Kier alpha value is -3.21. The monoisotopic (exact) mass is 388 g/mol. The van der Waals surface area contributed by atoms with Gasteiger partial charge in [-0.15, -0.1) is 0 Å². The fourth-order valence-corrected chi connectivity index (χ4v) is 4.57. The number of benzene rings is 2. The van der Waals surface area contributed by atoms with E-state index in [0.717, 1.165) is 24.2 Å². The van der Waals surface area contributed by atoms with Gasteiger partial charge in [0.1, 0.15) is 6.61 Å². The lowest BCUT2D eigenvalue weighted by atomic mass is 9.94. The number of fused-ring (bicyclic) bond motifs is 4. The Labute approximate surface area is 170 Å². The van der Waals surface area contributed by atoms with Crippen molar-refractivity contribution >= 4 is 11.6 Å². The molecular weight excluding hydrogens is 364 g/mol. The van der Waals surface area contributed by atoms with Crippen LogP contribution in [0.1, 0.15) is 22.3 Å². The summed E-state index contributed by atoms with van der Waals surface area (Å²) < 4.78 is 11.6. The normalized spacial score (nSPS) is 24.2. The number of rotatable bonds is 4. The molecule has 2 unspecified atom stereocenters. The topological polar surface area (TPSA) is 50.8 Å². The second kappa shape index (κ2) is 7.32. The van der Waals surface area contributed by atoms with Crippen LogP contribution in [-0.4, -0.2) is 36.5 Å². The van der Waals surface area contributed by atoms with Crippen molar-refractivity contribution < 1.29 is 14.3 Å². The highest BCUT2D eigenvalue weighted by atomic mass is 16.5. The van der Waals surface area contributed by atoms with E-state index in [-0.39, 0.29) is 18.0 Å². The molecule has 5 heteroatoms. The van der Waals surface area contributed by atoms with Gasteiger partial charge in [0.2, 0.25) is 0 Å². The number of hydrogen-bond acceptors (Lipinski definition) is 4. The lowest BCUT2D eigenvalue weighted by molar-refractivity contribution is 0.0706. The molecule has 2 aliphatic heterocycles. The average Bonchev–Trinajstić information content (AvgIpc) is 3.08. The van der Waals surface area contributed by atoms with Crippen LogP contribution in [0.5, 0.6) is 11.5 Å². The van der Waals surface area contributed by atoms with Gasteiger partial charge in [0, 0.05) is 18.5 Å². The van der Waals surface area contributed by atoms with Gasteiger partial charge < -0.3 is 19.7 Å². The molecule has 0 saturated carbocycles. The Morgan fingerprint density at radius 3 is 2.76 bits per heavy atom. The third kappa shape index (κ3) is 3.16. The standard InChI is InChI=1S/C24H24N2O3/c1-28-22-12-19-20(13-23(22)29-15-16-7-3-2-4-8-16)25-14-18-11-17-9-5-6-10-21(17)26(18)24(19)27/h2-10,12-13,17-18,21,25H,11,14-15H2,1H3/t17?,18-,21?/m0/s1. The number of carbonyl (C=O) groups excluding carboxylic acids is 1. The van der Waals surface area contributed by atoms with Gasteiger partial charge in [0.05, 0.1) is 30.4 Å². The molecule has 0 spiro atoms. The van der Waals surface area contributed by atoms with Gasteiger partial charge >= 0.3 is 0 Å². The van der Waals surface area contributed by atoms with Crippen molar-refractivity contribution in [1.29, 1.82) is 0 Å². The highest BCUT2D eigenvalue weighted by Gasteiger charge is 2.44. The Bertz CT molecular complexity index is 983. The molecule has 2 aromatic rings. The Kier molecular flexibility index (Phi) is 4.51. The maximum absolute atomic E-state index is 13.5. The molecule has 5 rings (SSSR count). The summed E-state index contributed by atoms with van der Waals surface area (Å²) in [5.74, 6) is 1.65. The van der Waals surface area contributed by atoms with Gasteiger partial charge in [0.25, 0.3) is 5.91 Å². The van der Waals surface area contributed by atoms with Crippen molar-refractivity contribution in [3.63, 3.8) is 0 Å². The van der Waals surface area contributed by atoms with E-state index in [4.69, 9.17) is 9.47 Å². The van der Waals surface area contributed by atoms with Crippen LogP contribution in [0.2, 0.25) is 0 Å². The summed E-state index contributed by atoms with van der Waals surface area (Å²) in [4.78, 5) is 15.5. The lowest BCUT2D eigenvalue weighted by Crippen LogP contribution is -2.42. The third-order valence-corrected chi connectivity index (χ3v) is 6.01. The molecule has 148 valence electrons. The fourth-order valence-electron chi connectivity index (χ4n) is 4.57. The quantitative estimate of drug-likeness (QED) is 0.859. The summed E-state index contributed by atoms with van der Waals surface area (Å²) in [7, 11) is 1.61. The predicted molar refractivity (Wildman–Crippen MR) is 112 cm³/mol. The Morgan fingerprint density at radius 1 is 1.10 bits per heavy atom. The zero-order valence-electron chi connectivity index (χ0n) is 16.4. The zero-order chi connectivity index (χ0) is 19.8. The van der Waals surface area contributed by atoms with Gasteiger partial charge in [-0.25, -0.2) is 0 Å². The first-order chi connectivity index (χ1) is 14.2. The summed E-state index contributed by atoms with van der Waals surface area (Å²) in [6, 6.07) is 14.0. The molecule has 0 radical (unpaired) electrons. The molecule has 5 nitrogen and oxygen atoms in total. The van der Waals surface area contributed by atoms with Crippen molar-refractivity contribution in [2.24, 2.45) is 5.92 Å². The minimum absolute atomic E-state index is 0.0513. The van der Waals surface area contributed by atoms with Crippen LogP contribution in [0.15, 0.2) is 66.8 Å². The van der Waals surface area contributed by atoms with Gasteiger partial charge in [0.15, 0.2) is 11.5 Å². The largest absolute Gasteiger partial charge is 0.493 e. The second-order valence-corrected chi connectivity index (χ2v) is 7.73. The second-order valence-electron chi connectivity index (χ2n) is 7.73. The van der Waals surface area contributed by atoms with Gasteiger partial charge in [-0.3, -0.25) is 4.79 Å². The molecule has 1 amide bonds. The maximum Gasteiger partial charge on any atom is 0.256 e. The van der Waals surface area contributed by atoms with Gasteiger partial charge in [-0.05, 0) is 18.1 Å². The summed E-state index contributed by atoms with van der Waals surface area (Å²) in [6.45, 7) is 1.18. The van der Waals surface area contributed by atoms with Crippen molar-refractivity contribution in [1.82, 2.24) is 4.90 Å². The minimum Gasteiger partial charge on any atom is -0.493 e. The average molecular weight is 388 g/mol. The number of ether oxygens (including phenoxy) is 2. The van der Waals surface area contributed by atoms with Crippen LogP contribution < -0.4 is 14.8 Å². The first-order valence-electron chi connectivity index (χ1n) is 10.0. The van der Waals surface area contributed by atoms with E-state index in [1.807, 2.05) is 53.4 Å². The number of carbonyl (C=O) groups is 1. The van der Waals surface area contributed by atoms with Crippen molar-refractivity contribution in [3.8, 4) is 11.5 Å². The smallest absolute Gasteiger partial charge is 0.256 e. The van der Waals surface area contributed by atoms with Gasteiger partial charge in [-0.1, -0.05) is 54.6 Å². The molecule has 1 N–H and O–H groups in total. The minimum atomic E-state index is 0.0513. The molecule has 3 aliphatic rings. The van der Waals surface area contributed by atoms with Crippen molar-refractivity contribution in [3.05, 3.63) is 77.9 Å². The van der Waals surface area contributed by atoms with E-state index in [1.165, 1.54) is 0 Å². The van der Waals surface area contributed by atoms with E-state index < -0.39 is 0 Å². The van der Waals surface area contributed by atoms with Crippen LogP contribution in [0.4, 0.5) is 5.69 Å². The third-order valence-electron chi connectivity index (χ3n) is 6.01. The molecule has 3 atom stereocenters. The van der Waals surface area contributed by atoms with Crippen LogP contribution >= 0.6 is 0 Å². The summed E-state index contributed by atoms with van der Waals surface area (Å²) in [6.07, 6.45) is 9.46. The zero-order valence-corrected chi connectivity index (χ0v) is 16.4. The molecule has 1 aliphatic carbocycles. The highest BCUT2D eigenvalue weighted by Crippen LogP contribution is 2.41. The van der Waals surface area contributed by atoms with Crippen LogP contribution in [0, 0.1) is 5.92 Å². The first-order valence-corrected chi connectivity index (χ1v) is 10.0. The lowest BCUT2D eigenvalue weighted by Gasteiger charge is -2.28. The van der Waals surface area contributed by atoms with Crippen LogP contribution in [0.3, 0.4) is 0 Å². The van der Waals surface area contributed by atoms with Crippen LogP contribution in [-0.2, 0) is 6.61 Å². The summed E-state index contributed by atoms with van der Waals surface area (Å²) in [5, 5.41) is 3.48. The van der Waals surface area contributed by atoms with Crippen molar-refractivity contribution in [2.45, 2.75) is 25.1 Å². The fraction of sp³-hybridized carbons (Fsp3) is 0.292. The summed E-state index contributed by atoms with van der Waals surface area (Å²) >= 11 is 0. The summed E-state index contributed by atoms with van der Waals surface area (Å²) in [5.41, 5.74) is 2.53. The predicted octanol–water partition coefficient (Wildman–Crippen LogP) is 4.03.